The Morgan fingerprint density at radius 3 is 2.30 bits per heavy atom. The zero-order valence-electron chi connectivity index (χ0n) is 14.7. The van der Waals surface area contributed by atoms with E-state index in [4.69, 9.17) is 14.2 Å². The number of piperazine rings is 1. The van der Waals surface area contributed by atoms with Crippen LogP contribution < -0.4 is 14.2 Å². The van der Waals surface area contributed by atoms with Gasteiger partial charge in [0.25, 0.3) is 0 Å². The van der Waals surface area contributed by atoms with Gasteiger partial charge in [-0.3, -0.25) is 9.80 Å². The molecule has 0 N–H and O–H groups in total. The minimum Gasteiger partial charge on any atom is -0.493 e. The third kappa shape index (κ3) is 3.12. The lowest BCUT2D eigenvalue weighted by Crippen LogP contribution is -2.55. The van der Waals surface area contributed by atoms with Crippen molar-refractivity contribution in [3.05, 3.63) is 17.7 Å². The van der Waals surface area contributed by atoms with E-state index < -0.39 is 0 Å². The van der Waals surface area contributed by atoms with Gasteiger partial charge in [0.2, 0.25) is 5.75 Å². The predicted molar refractivity (Wildman–Crippen MR) is 90.6 cm³/mol. The lowest BCUT2D eigenvalue weighted by molar-refractivity contribution is 0.0469. The fraction of sp³-hybridized carbons (Fsp3) is 0.667. The van der Waals surface area contributed by atoms with Crippen molar-refractivity contribution in [2.75, 3.05) is 41.0 Å². The molecule has 0 bridgehead atoms. The van der Waals surface area contributed by atoms with E-state index in [-0.39, 0.29) is 0 Å². The van der Waals surface area contributed by atoms with Crippen molar-refractivity contribution >= 4 is 0 Å². The van der Waals surface area contributed by atoms with E-state index in [1.54, 1.807) is 21.3 Å². The monoisotopic (exact) mass is 320 g/mol. The number of nitrogens with zero attached hydrogens (tertiary/aromatic N) is 2. The summed E-state index contributed by atoms with van der Waals surface area (Å²) in [5.41, 5.74) is 1.21. The second kappa shape index (κ2) is 6.97. The lowest BCUT2D eigenvalue weighted by atomic mass is 10.0. The van der Waals surface area contributed by atoms with Gasteiger partial charge in [-0.2, -0.15) is 0 Å². The van der Waals surface area contributed by atoms with Gasteiger partial charge in [-0.15, -0.1) is 0 Å². The molecule has 2 saturated heterocycles. The molecule has 3 rings (SSSR count). The average molecular weight is 320 g/mol. The zero-order valence-corrected chi connectivity index (χ0v) is 14.7. The Labute approximate surface area is 139 Å². The van der Waals surface area contributed by atoms with Crippen LogP contribution in [0.15, 0.2) is 12.1 Å². The zero-order chi connectivity index (χ0) is 16.4. The first-order chi connectivity index (χ1) is 11.2. The number of methoxy groups -OCH3 is 3. The molecule has 0 aromatic heterocycles. The van der Waals surface area contributed by atoms with Crippen LogP contribution >= 0.6 is 0 Å². The molecule has 2 aliphatic heterocycles. The minimum absolute atomic E-state index is 0.588. The molecule has 2 heterocycles. The molecule has 128 valence electrons. The van der Waals surface area contributed by atoms with Crippen molar-refractivity contribution in [1.29, 1.82) is 0 Å². The normalized spacial score (nSPS) is 25.2. The van der Waals surface area contributed by atoms with Crippen molar-refractivity contribution in [1.82, 2.24) is 9.80 Å². The van der Waals surface area contributed by atoms with E-state index >= 15 is 0 Å². The van der Waals surface area contributed by atoms with E-state index in [0.717, 1.165) is 24.6 Å². The summed E-state index contributed by atoms with van der Waals surface area (Å²) in [5, 5.41) is 0. The molecule has 23 heavy (non-hydrogen) atoms. The molecule has 0 radical (unpaired) electrons. The van der Waals surface area contributed by atoms with Gasteiger partial charge in [0, 0.05) is 31.7 Å². The average Bonchev–Trinajstić information content (AvgIpc) is 3.05. The highest BCUT2D eigenvalue weighted by Gasteiger charge is 2.36. The Balaban J connectivity index is 1.79. The molecule has 2 aliphatic rings. The number of benzene rings is 1. The Bertz CT molecular complexity index is 524. The highest BCUT2D eigenvalue weighted by atomic mass is 16.5. The number of ether oxygens (including phenoxy) is 3. The van der Waals surface area contributed by atoms with Gasteiger partial charge >= 0.3 is 0 Å². The first-order valence-electron chi connectivity index (χ1n) is 8.45. The van der Waals surface area contributed by atoms with Gasteiger partial charge in [0.1, 0.15) is 0 Å². The van der Waals surface area contributed by atoms with E-state index in [9.17, 15) is 0 Å². The molecule has 0 unspecified atom stereocenters. The second-order valence-corrected chi connectivity index (χ2v) is 6.49. The van der Waals surface area contributed by atoms with Crippen LogP contribution in [0.3, 0.4) is 0 Å². The number of fused-ring (bicyclic) bond motifs is 1. The van der Waals surface area contributed by atoms with E-state index in [1.807, 2.05) is 0 Å². The largest absolute Gasteiger partial charge is 0.493 e. The molecule has 0 spiro atoms. The maximum absolute atomic E-state index is 5.47. The minimum atomic E-state index is 0.588. The molecule has 5 heteroatoms. The third-order valence-electron chi connectivity index (χ3n) is 5.33. The van der Waals surface area contributed by atoms with Crippen molar-refractivity contribution in [2.45, 2.75) is 38.4 Å². The van der Waals surface area contributed by atoms with Crippen molar-refractivity contribution in [3.63, 3.8) is 0 Å². The summed E-state index contributed by atoms with van der Waals surface area (Å²) in [7, 11) is 4.98. The number of hydrogen-bond donors (Lipinski definition) is 0. The topological polar surface area (TPSA) is 34.2 Å². The highest BCUT2D eigenvalue weighted by Crippen LogP contribution is 2.39. The molecular weight excluding hydrogens is 292 g/mol. The van der Waals surface area contributed by atoms with Gasteiger partial charge in [-0.05, 0) is 44.0 Å². The SMILES string of the molecule is COc1cc(CN2CCN3CCC[C@@H]3[C@@H]2C)cc(OC)c1OC. The summed E-state index contributed by atoms with van der Waals surface area (Å²) in [6.07, 6.45) is 2.67. The quantitative estimate of drug-likeness (QED) is 0.832. The smallest absolute Gasteiger partial charge is 0.203 e. The first kappa shape index (κ1) is 16.4. The van der Waals surface area contributed by atoms with Gasteiger partial charge in [0.15, 0.2) is 11.5 Å². The van der Waals surface area contributed by atoms with Crippen LogP contribution in [0.1, 0.15) is 25.3 Å². The van der Waals surface area contributed by atoms with Crippen LogP contribution in [0, 0.1) is 0 Å². The Kier molecular flexibility index (Phi) is 4.97. The van der Waals surface area contributed by atoms with Gasteiger partial charge in [-0.25, -0.2) is 0 Å². The van der Waals surface area contributed by atoms with Crippen LogP contribution in [0.5, 0.6) is 17.2 Å². The van der Waals surface area contributed by atoms with Gasteiger partial charge in [0.05, 0.1) is 21.3 Å². The Morgan fingerprint density at radius 1 is 1.00 bits per heavy atom. The predicted octanol–water partition coefficient (Wildman–Crippen LogP) is 2.38. The molecule has 5 nitrogen and oxygen atoms in total. The van der Waals surface area contributed by atoms with Crippen molar-refractivity contribution in [3.8, 4) is 17.2 Å². The standard InChI is InChI=1S/C18H28N2O3/c1-13-15-6-5-7-19(15)8-9-20(13)12-14-10-16(21-2)18(23-4)17(11-14)22-3/h10-11,13,15H,5-9,12H2,1-4H3/t13-,15+/m0/s1. The van der Waals surface area contributed by atoms with E-state index in [1.165, 1.54) is 31.5 Å². The Hall–Kier alpha value is -1.46. The summed E-state index contributed by atoms with van der Waals surface area (Å²) >= 11 is 0. The number of hydrogen-bond acceptors (Lipinski definition) is 5. The van der Waals surface area contributed by atoms with Crippen LogP contribution in [-0.4, -0.2) is 62.8 Å². The first-order valence-corrected chi connectivity index (χ1v) is 8.45. The summed E-state index contributed by atoms with van der Waals surface area (Å²) in [6.45, 7) is 6.85. The van der Waals surface area contributed by atoms with Crippen LogP contribution in [-0.2, 0) is 6.54 Å². The Morgan fingerprint density at radius 2 is 1.70 bits per heavy atom. The van der Waals surface area contributed by atoms with Gasteiger partial charge < -0.3 is 14.2 Å². The van der Waals surface area contributed by atoms with Crippen LogP contribution in [0.25, 0.3) is 0 Å². The van der Waals surface area contributed by atoms with Crippen LogP contribution in [0.4, 0.5) is 0 Å². The fourth-order valence-electron chi connectivity index (χ4n) is 4.06. The van der Waals surface area contributed by atoms with Crippen molar-refractivity contribution < 1.29 is 14.2 Å². The second-order valence-electron chi connectivity index (χ2n) is 6.49. The van der Waals surface area contributed by atoms with E-state index in [0.29, 0.717) is 17.8 Å². The van der Waals surface area contributed by atoms with Gasteiger partial charge in [-0.1, -0.05) is 0 Å². The molecule has 1 aromatic rings. The molecular formula is C18H28N2O3. The number of rotatable bonds is 5. The van der Waals surface area contributed by atoms with Crippen LogP contribution in [0.2, 0.25) is 0 Å². The maximum atomic E-state index is 5.47. The summed E-state index contributed by atoms with van der Waals surface area (Å²) in [5.74, 6) is 2.12. The maximum Gasteiger partial charge on any atom is 0.203 e. The third-order valence-corrected chi connectivity index (χ3v) is 5.33. The summed E-state index contributed by atoms with van der Waals surface area (Å²) < 4.78 is 16.4. The summed E-state index contributed by atoms with van der Waals surface area (Å²) in [4.78, 5) is 5.23. The molecule has 0 aliphatic carbocycles. The molecule has 2 atom stereocenters. The molecule has 1 aromatic carbocycles. The van der Waals surface area contributed by atoms with Crippen molar-refractivity contribution in [2.24, 2.45) is 0 Å². The molecule has 0 amide bonds. The highest BCUT2D eigenvalue weighted by molar-refractivity contribution is 5.53. The van der Waals surface area contributed by atoms with E-state index in [2.05, 4.69) is 28.9 Å². The lowest BCUT2D eigenvalue weighted by Gasteiger charge is -2.43. The molecule has 2 fully saturated rings. The fourth-order valence-corrected chi connectivity index (χ4v) is 4.06. The molecule has 0 saturated carbocycles. The summed E-state index contributed by atoms with van der Waals surface area (Å²) in [6, 6.07) is 5.43.